The van der Waals surface area contributed by atoms with E-state index in [1.54, 1.807) is 0 Å². The topological polar surface area (TPSA) is 38.8 Å². The largest absolute Gasteiger partial charge is 0.493 e. The van der Waals surface area contributed by atoms with Crippen LogP contribution in [0.5, 0.6) is 11.5 Å². The quantitative estimate of drug-likeness (QED) is 0.693. The maximum atomic E-state index is 12.9. The Morgan fingerprint density at radius 1 is 1.11 bits per heavy atom. The summed E-state index contributed by atoms with van der Waals surface area (Å²) in [7, 11) is 0. The van der Waals surface area contributed by atoms with E-state index in [9.17, 15) is 4.79 Å². The zero-order valence-corrected chi connectivity index (χ0v) is 17.6. The van der Waals surface area contributed by atoms with Crippen LogP contribution in [0, 0.1) is 12.3 Å². The summed E-state index contributed by atoms with van der Waals surface area (Å²) < 4.78 is 11.9. The third-order valence-electron chi connectivity index (χ3n) is 4.90. The molecule has 4 heteroatoms. The number of ether oxygens (including phenoxy) is 2. The predicted molar refractivity (Wildman–Crippen MR) is 113 cm³/mol. The summed E-state index contributed by atoms with van der Waals surface area (Å²) in [6, 6.07) is 13.9. The summed E-state index contributed by atoms with van der Waals surface area (Å²) in [4.78, 5) is 14.7. The van der Waals surface area contributed by atoms with Crippen molar-refractivity contribution in [1.29, 1.82) is 0 Å². The Labute approximate surface area is 168 Å². The average molecular weight is 382 g/mol. The second kappa shape index (κ2) is 8.26. The number of benzene rings is 2. The van der Waals surface area contributed by atoms with Crippen LogP contribution in [0.1, 0.15) is 45.2 Å². The van der Waals surface area contributed by atoms with E-state index in [-0.39, 0.29) is 11.3 Å². The molecule has 2 aromatic rings. The summed E-state index contributed by atoms with van der Waals surface area (Å²) in [6.07, 6.45) is 1.26. The Kier molecular flexibility index (Phi) is 5.97. The van der Waals surface area contributed by atoms with Crippen molar-refractivity contribution in [3.63, 3.8) is 0 Å². The van der Waals surface area contributed by atoms with E-state index in [0.717, 1.165) is 29.2 Å². The monoisotopic (exact) mass is 381 g/mol. The van der Waals surface area contributed by atoms with Gasteiger partial charge >= 0.3 is 0 Å². The number of anilines is 1. The third kappa shape index (κ3) is 4.86. The van der Waals surface area contributed by atoms with Gasteiger partial charge in [-0.3, -0.25) is 4.79 Å². The molecule has 0 bridgehead atoms. The molecule has 0 spiro atoms. The number of carbonyl (C=O) groups is 1. The molecule has 150 valence electrons. The van der Waals surface area contributed by atoms with E-state index in [1.165, 1.54) is 5.56 Å². The first kappa shape index (κ1) is 20.2. The van der Waals surface area contributed by atoms with E-state index in [2.05, 4.69) is 27.7 Å². The summed E-state index contributed by atoms with van der Waals surface area (Å²) >= 11 is 0. The molecule has 1 atom stereocenters. The first-order chi connectivity index (χ1) is 13.3. The smallest absolute Gasteiger partial charge is 0.268 e. The fraction of sp³-hybridized carbons (Fsp3) is 0.458. The van der Waals surface area contributed by atoms with Crippen LogP contribution in [0.15, 0.2) is 42.5 Å². The Morgan fingerprint density at radius 3 is 2.43 bits per heavy atom. The van der Waals surface area contributed by atoms with Gasteiger partial charge < -0.3 is 14.4 Å². The molecule has 1 aliphatic rings. The van der Waals surface area contributed by atoms with E-state index in [0.29, 0.717) is 19.6 Å². The fourth-order valence-corrected chi connectivity index (χ4v) is 3.25. The van der Waals surface area contributed by atoms with Crippen LogP contribution in [0.4, 0.5) is 5.69 Å². The minimum Gasteiger partial charge on any atom is -0.493 e. The number of nitrogens with zero attached hydrogens (tertiary/aromatic N) is 1. The maximum Gasteiger partial charge on any atom is 0.268 e. The van der Waals surface area contributed by atoms with E-state index in [4.69, 9.17) is 9.47 Å². The van der Waals surface area contributed by atoms with Gasteiger partial charge in [0.2, 0.25) is 0 Å². The van der Waals surface area contributed by atoms with Gasteiger partial charge in [0, 0.05) is 18.7 Å². The molecule has 0 aromatic heterocycles. The van der Waals surface area contributed by atoms with E-state index < -0.39 is 6.10 Å². The number of rotatable bonds is 6. The minimum atomic E-state index is -0.426. The number of hydrogen-bond donors (Lipinski definition) is 0. The molecule has 0 N–H and O–H groups in total. The first-order valence-electron chi connectivity index (χ1n) is 10.1. The van der Waals surface area contributed by atoms with Crippen LogP contribution >= 0.6 is 0 Å². The molecular formula is C24H31NO3. The number of aryl methyl sites for hydroxylation is 2. The summed E-state index contributed by atoms with van der Waals surface area (Å²) in [5.41, 5.74) is 3.30. The van der Waals surface area contributed by atoms with Crippen LogP contribution in [0.25, 0.3) is 0 Å². The van der Waals surface area contributed by atoms with Crippen LogP contribution in [0.3, 0.4) is 0 Å². The second-order valence-electron chi connectivity index (χ2n) is 8.68. The highest BCUT2D eigenvalue weighted by Gasteiger charge is 2.34. The van der Waals surface area contributed by atoms with Crippen molar-refractivity contribution in [2.75, 3.05) is 18.1 Å². The lowest BCUT2D eigenvalue weighted by Gasteiger charge is -2.22. The van der Waals surface area contributed by atoms with Crippen molar-refractivity contribution in [2.45, 2.75) is 53.6 Å². The Morgan fingerprint density at radius 2 is 1.82 bits per heavy atom. The SMILES string of the molecule is CCc1ccc(OC2CCN(c3ccc(OCC(C)(C)C)c(C)c3)C2=O)cc1. The van der Waals surface area contributed by atoms with Crippen molar-refractivity contribution >= 4 is 11.6 Å². The standard InChI is InChI=1S/C24H31NO3/c1-6-18-7-10-20(11-8-18)28-22-13-14-25(23(22)26)19-9-12-21(17(2)15-19)27-16-24(3,4)5/h7-12,15,22H,6,13-14,16H2,1-5H3. The molecule has 4 nitrogen and oxygen atoms in total. The van der Waals surface area contributed by atoms with Gasteiger partial charge in [-0.15, -0.1) is 0 Å². The molecule has 1 saturated heterocycles. The fourth-order valence-electron chi connectivity index (χ4n) is 3.25. The van der Waals surface area contributed by atoms with Crippen LogP contribution in [-0.2, 0) is 11.2 Å². The molecule has 0 aliphatic carbocycles. The van der Waals surface area contributed by atoms with Crippen molar-refractivity contribution in [1.82, 2.24) is 0 Å². The molecule has 1 fully saturated rings. The highest BCUT2D eigenvalue weighted by molar-refractivity contribution is 5.99. The summed E-state index contributed by atoms with van der Waals surface area (Å²) in [5, 5.41) is 0. The lowest BCUT2D eigenvalue weighted by atomic mass is 9.98. The molecule has 28 heavy (non-hydrogen) atoms. The molecule has 3 rings (SSSR count). The number of hydrogen-bond acceptors (Lipinski definition) is 3. The van der Waals surface area contributed by atoms with Gasteiger partial charge in [0.25, 0.3) is 5.91 Å². The Balaban J connectivity index is 1.66. The summed E-state index contributed by atoms with van der Waals surface area (Å²) in [5.74, 6) is 1.64. The van der Waals surface area contributed by atoms with E-state index in [1.807, 2.05) is 54.3 Å². The highest BCUT2D eigenvalue weighted by atomic mass is 16.5. The van der Waals surface area contributed by atoms with Gasteiger partial charge in [0.15, 0.2) is 6.10 Å². The van der Waals surface area contributed by atoms with Crippen molar-refractivity contribution in [3.8, 4) is 11.5 Å². The van der Waals surface area contributed by atoms with Crippen molar-refractivity contribution in [3.05, 3.63) is 53.6 Å². The summed E-state index contributed by atoms with van der Waals surface area (Å²) in [6.45, 7) is 11.9. The predicted octanol–water partition coefficient (Wildman–Crippen LogP) is 5.17. The average Bonchev–Trinajstić information content (AvgIpc) is 3.01. The Hall–Kier alpha value is -2.49. The Bertz CT molecular complexity index is 821. The van der Waals surface area contributed by atoms with Crippen LogP contribution in [0.2, 0.25) is 0 Å². The van der Waals surface area contributed by atoms with Crippen molar-refractivity contribution in [2.24, 2.45) is 5.41 Å². The minimum absolute atomic E-state index is 0.0160. The molecule has 1 amide bonds. The molecule has 1 heterocycles. The zero-order chi connectivity index (χ0) is 20.3. The van der Waals surface area contributed by atoms with Gasteiger partial charge in [-0.05, 0) is 60.2 Å². The van der Waals surface area contributed by atoms with E-state index >= 15 is 0 Å². The maximum absolute atomic E-state index is 12.9. The first-order valence-corrected chi connectivity index (χ1v) is 10.1. The van der Waals surface area contributed by atoms with Crippen LogP contribution < -0.4 is 14.4 Å². The molecular weight excluding hydrogens is 350 g/mol. The highest BCUT2D eigenvalue weighted by Crippen LogP contribution is 2.30. The van der Waals surface area contributed by atoms with Gasteiger partial charge in [-0.2, -0.15) is 0 Å². The van der Waals surface area contributed by atoms with Gasteiger partial charge in [0.05, 0.1) is 6.61 Å². The lowest BCUT2D eigenvalue weighted by molar-refractivity contribution is -0.122. The normalized spacial score (nSPS) is 17.1. The molecule has 0 radical (unpaired) electrons. The van der Waals surface area contributed by atoms with Crippen molar-refractivity contribution < 1.29 is 14.3 Å². The molecule has 1 aliphatic heterocycles. The van der Waals surface area contributed by atoms with Gasteiger partial charge in [-0.1, -0.05) is 39.8 Å². The molecule has 2 aromatic carbocycles. The lowest BCUT2D eigenvalue weighted by Crippen LogP contribution is -2.32. The molecule has 0 saturated carbocycles. The van der Waals surface area contributed by atoms with Crippen LogP contribution in [-0.4, -0.2) is 25.2 Å². The second-order valence-corrected chi connectivity index (χ2v) is 8.68. The zero-order valence-electron chi connectivity index (χ0n) is 17.6. The molecule has 1 unspecified atom stereocenters. The van der Waals surface area contributed by atoms with Gasteiger partial charge in [-0.25, -0.2) is 0 Å². The number of carbonyl (C=O) groups excluding carboxylic acids is 1. The van der Waals surface area contributed by atoms with Gasteiger partial charge in [0.1, 0.15) is 11.5 Å². The number of amides is 1. The third-order valence-corrected chi connectivity index (χ3v) is 4.90.